The van der Waals surface area contributed by atoms with Gasteiger partial charge in [-0.1, -0.05) is 0 Å². The molecule has 1 amide bonds. The number of nitriles is 1. The van der Waals surface area contributed by atoms with Crippen LogP contribution in [0.15, 0.2) is 18.2 Å². The highest BCUT2D eigenvalue weighted by molar-refractivity contribution is 5.79. The Bertz CT molecular complexity index is 467. The quantitative estimate of drug-likeness (QED) is 0.779. The lowest BCUT2D eigenvalue weighted by atomic mass is 10.2. The number of benzene rings is 1. The van der Waals surface area contributed by atoms with Gasteiger partial charge < -0.3 is 10.6 Å². The molecule has 82 valence electrons. The van der Waals surface area contributed by atoms with E-state index in [2.05, 4.69) is 10.6 Å². The van der Waals surface area contributed by atoms with E-state index in [1.807, 2.05) is 6.07 Å². The normalized spacial score (nSPS) is 19.0. The van der Waals surface area contributed by atoms with Gasteiger partial charge in [-0.15, -0.1) is 0 Å². The van der Waals surface area contributed by atoms with Crippen molar-refractivity contribution in [1.82, 2.24) is 5.32 Å². The van der Waals surface area contributed by atoms with Crippen molar-refractivity contribution in [1.29, 1.82) is 5.26 Å². The molecule has 1 aliphatic heterocycles. The molecule has 1 fully saturated rings. The summed E-state index contributed by atoms with van der Waals surface area (Å²) in [4.78, 5) is 10.9. The molecule has 1 aromatic carbocycles. The second-order valence-electron chi connectivity index (χ2n) is 3.66. The van der Waals surface area contributed by atoms with Gasteiger partial charge in [-0.3, -0.25) is 4.79 Å². The van der Waals surface area contributed by atoms with Crippen LogP contribution in [0, 0.1) is 17.1 Å². The maximum Gasteiger partial charge on any atom is 0.222 e. The molecule has 0 aromatic heterocycles. The van der Waals surface area contributed by atoms with Crippen LogP contribution in [0.25, 0.3) is 0 Å². The maximum absolute atomic E-state index is 13.5. The first kappa shape index (κ1) is 10.4. The predicted molar refractivity (Wildman–Crippen MR) is 56.2 cm³/mol. The van der Waals surface area contributed by atoms with Crippen LogP contribution in [0.1, 0.15) is 12.0 Å². The SMILES string of the molecule is N#Cc1ccc(NC2CNC(=O)C2)c(F)c1. The smallest absolute Gasteiger partial charge is 0.222 e. The van der Waals surface area contributed by atoms with Gasteiger partial charge in [0.05, 0.1) is 23.4 Å². The number of nitrogens with zero attached hydrogens (tertiary/aromatic N) is 1. The van der Waals surface area contributed by atoms with Gasteiger partial charge in [0.15, 0.2) is 0 Å². The molecule has 0 radical (unpaired) electrons. The Labute approximate surface area is 92.1 Å². The van der Waals surface area contributed by atoms with Gasteiger partial charge in [0.2, 0.25) is 5.91 Å². The minimum Gasteiger partial charge on any atom is -0.378 e. The monoisotopic (exact) mass is 219 g/mol. The highest BCUT2D eigenvalue weighted by atomic mass is 19.1. The number of nitrogens with one attached hydrogen (secondary N) is 2. The Morgan fingerprint density at radius 3 is 2.94 bits per heavy atom. The molecule has 0 bridgehead atoms. The van der Waals surface area contributed by atoms with E-state index in [4.69, 9.17) is 5.26 Å². The number of carbonyl (C=O) groups is 1. The van der Waals surface area contributed by atoms with E-state index in [1.165, 1.54) is 18.2 Å². The molecular weight excluding hydrogens is 209 g/mol. The number of anilines is 1. The fourth-order valence-electron chi connectivity index (χ4n) is 1.63. The van der Waals surface area contributed by atoms with Crippen LogP contribution in [0.2, 0.25) is 0 Å². The molecule has 2 rings (SSSR count). The van der Waals surface area contributed by atoms with Crippen LogP contribution in [0.3, 0.4) is 0 Å². The summed E-state index contributed by atoms with van der Waals surface area (Å²) in [6, 6.07) is 5.99. The fourth-order valence-corrected chi connectivity index (χ4v) is 1.63. The van der Waals surface area contributed by atoms with E-state index in [0.717, 1.165) is 0 Å². The summed E-state index contributed by atoms with van der Waals surface area (Å²) < 4.78 is 13.5. The lowest BCUT2D eigenvalue weighted by molar-refractivity contribution is -0.119. The number of hydrogen-bond donors (Lipinski definition) is 2. The summed E-state index contributed by atoms with van der Waals surface area (Å²) in [5.41, 5.74) is 0.601. The first-order valence-corrected chi connectivity index (χ1v) is 4.92. The zero-order chi connectivity index (χ0) is 11.5. The van der Waals surface area contributed by atoms with Crippen LogP contribution in [0.4, 0.5) is 10.1 Å². The minimum atomic E-state index is -0.474. The van der Waals surface area contributed by atoms with E-state index in [0.29, 0.717) is 18.7 Å². The Balaban J connectivity index is 2.10. The minimum absolute atomic E-state index is 0.0356. The first-order valence-electron chi connectivity index (χ1n) is 4.92. The molecule has 1 aromatic rings. The highest BCUT2D eigenvalue weighted by Gasteiger charge is 2.21. The Morgan fingerprint density at radius 1 is 1.56 bits per heavy atom. The Kier molecular flexibility index (Phi) is 2.73. The van der Waals surface area contributed by atoms with Gasteiger partial charge in [0.25, 0.3) is 0 Å². The van der Waals surface area contributed by atoms with Gasteiger partial charge >= 0.3 is 0 Å². The van der Waals surface area contributed by atoms with Gasteiger partial charge in [-0.05, 0) is 18.2 Å². The van der Waals surface area contributed by atoms with Gasteiger partial charge in [-0.2, -0.15) is 5.26 Å². The van der Waals surface area contributed by atoms with E-state index in [-0.39, 0.29) is 17.5 Å². The zero-order valence-electron chi connectivity index (χ0n) is 8.46. The maximum atomic E-state index is 13.5. The van der Waals surface area contributed by atoms with Crippen molar-refractivity contribution in [2.45, 2.75) is 12.5 Å². The third-order valence-electron chi connectivity index (χ3n) is 2.44. The zero-order valence-corrected chi connectivity index (χ0v) is 8.46. The molecule has 4 nitrogen and oxygen atoms in total. The largest absolute Gasteiger partial charge is 0.378 e. The van der Waals surface area contributed by atoms with Crippen molar-refractivity contribution >= 4 is 11.6 Å². The summed E-state index contributed by atoms with van der Waals surface area (Å²) in [5, 5.41) is 14.2. The highest BCUT2D eigenvalue weighted by Crippen LogP contribution is 2.17. The Hall–Kier alpha value is -2.09. The number of halogens is 1. The summed E-state index contributed by atoms with van der Waals surface area (Å²) in [6.45, 7) is 0.498. The van der Waals surface area contributed by atoms with E-state index in [1.54, 1.807) is 0 Å². The first-order chi connectivity index (χ1) is 7.69. The Morgan fingerprint density at radius 2 is 2.38 bits per heavy atom. The van der Waals surface area contributed by atoms with Crippen molar-refractivity contribution in [3.8, 4) is 6.07 Å². The molecule has 1 atom stereocenters. The lowest BCUT2D eigenvalue weighted by Crippen LogP contribution is -2.22. The third-order valence-corrected chi connectivity index (χ3v) is 2.44. The van der Waals surface area contributed by atoms with E-state index >= 15 is 0 Å². The van der Waals surface area contributed by atoms with Crippen molar-refractivity contribution in [3.63, 3.8) is 0 Å². The summed E-state index contributed by atoms with van der Waals surface area (Å²) in [5.74, 6) is -0.509. The van der Waals surface area contributed by atoms with E-state index < -0.39 is 5.82 Å². The topological polar surface area (TPSA) is 64.9 Å². The second-order valence-corrected chi connectivity index (χ2v) is 3.66. The molecule has 1 aliphatic rings. The van der Waals surface area contributed by atoms with Gasteiger partial charge in [0.1, 0.15) is 5.82 Å². The van der Waals surface area contributed by atoms with Crippen LogP contribution in [-0.4, -0.2) is 18.5 Å². The number of rotatable bonds is 2. The van der Waals surface area contributed by atoms with Gasteiger partial charge in [-0.25, -0.2) is 4.39 Å². The third kappa shape index (κ3) is 2.11. The standard InChI is InChI=1S/C11H10FN3O/c12-9-3-7(5-13)1-2-10(9)15-8-4-11(16)14-6-8/h1-3,8,15H,4,6H2,(H,14,16). The molecule has 16 heavy (non-hydrogen) atoms. The predicted octanol–water partition coefficient (Wildman–Crippen LogP) is 0.998. The second kappa shape index (κ2) is 4.19. The lowest BCUT2D eigenvalue weighted by Gasteiger charge is -2.12. The summed E-state index contributed by atoms with van der Waals surface area (Å²) >= 11 is 0. The number of amides is 1. The molecule has 1 saturated heterocycles. The molecule has 0 spiro atoms. The summed E-state index contributed by atoms with van der Waals surface area (Å²) in [7, 11) is 0. The van der Waals surface area contributed by atoms with E-state index in [9.17, 15) is 9.18 Å². The fraction of sp³-hybridized carbons (Fsp3) is 0.273. The summed E-state index contributed by atoms with van der Waals surface area (Å²) in [6.07, 6.45) is 0.347. The average molecular weight is 219 g/mol. The molecule has 5 heteroatoms. The molecule has 0 saturated carbocycles. The molecule has 2 N–H and O–H groups in total. The van der Waals surface area contributed by atoms with Crippen molar-refractivity contribution in [2.24, 2.45) is 0 Å². The molecular formula is C11H10FN3O. The van der Waals surface area contributed by atoms with Crippen molar-refractivity contribution in [3.05, 3.63) is 29.6 Å². The number of carbonyl (C=O) groups excluding carboxylic acids is 1. The van der Waals surface area contributed by atoms with Gasteiger partial charge in [0, 0.05) is 13.0 Å². The van der Waals surface area contributed by atoms with Crippen LogP contribution in [0.5, 0.6) is 0 Å². The van der Waals surface area contributed by atoms with Crippen molar-refractivity contribution < 1.29 is 9.18 Å². The van der Waals surface area contributed by atoms with Crippen LogP contribution >= 0.6 is 0 Å². The van der Waals surface area contributed by atoms with Crippen LogP contribution in [-0.2, 0) is 4.79 Å². The molecule has 1 unspecified atom stereocenters. The van der Waals surface area contributed by atoms with Crippen LogP contribution < -0.4 is 10.6 Å². The molecule has 1 heterocycles. The van der Waals surface area contributed by atoms with Crippen molar-refractivity contribution in [2.75, 3.05) is 11.9 Å². The number of hydrogen-bond acceptors (Lipinski definition) is 3. The molecule has 0 aliphatic carbocycles. The average Bonchev–Trinajstić information content (AvgIpc) is 2.67.